The van der Waals surface area contributed by atoms with Crippen molar-refractivity contribution in [2.45, 2.75) is 20.1 Å². The Morgan fingerprint density at radius 2 is 1.81 bits per heavy atom. The van der Waals surface area contributed by atoms with Crippen LogP contribution in [0.1, 0.15) is 6.92 Å². The maximum absolute atomic E-state index is 5.69. The summed E-state index contributed by atoms with van der Waals surface area (Å²) in [5.74, 6) is 0.982. The highest BCUT2D eigenvalue weighted by Crippen LogP contribution is 2.24. The average molecular weight is 386 g/mol. The van der Waals surface area contributed by atoms with Crippen molar-refractivity contribution in [1.29, 1.82) is 0 Å². The summed E-state index contributed by atoms with van der Waals surface area (Å²) in [6.45, 7) is 7.82. The molecule has 1 aromatic carbocycles. The quantitative estimate of drug-likeness (QED) is 0.622. The Morgan fingerprint density at radius 1 is 1.04 bits per heavy atom. The monoisotopic (exact) mass is 385 g/mol. The number of hydrogen-bond acceptors (Lipinski definition) is 5. The van der Waals surface area contributed by atoms with Crippen molar-refractivity contribution in [2.75, 3.05) is 31.1 Å². The molecule has 0 atom stereocenters. The van der Waals surface area contributed by atoms with Crippen LogP contribution in [0.25, 0.3) is 10.7 Å². The summed E-state index contributed by atoms with van der Waals surface area (Å²) >= 11 is 7.39. The van der Waals surface area contributed by atoms with Gasteiger partial charge in [0, 0.05) is 38.4 Å². The fraction of sp³-hybridized carbons (Fsp3) is 0.368. The molecule has 1 aliphatic rings. The molecule has 7 heteroatoms. The van der Waals surface area contributed by atoms with Gasteiger partial charge in [-0.1, -0.05) is 24.3 Å². The molecule has 3 aromatic rings. The molecule has 0 bridgehead atoms. The molecule has 1 aliphatic heterocycles. The van der Waals surface area contributed by atoms with E-state index >= 15 is 0 Å². The minimum Gasteiger partial charge on any atom is -0.369 e. The number of nitrogens with zero attached hydrogens (tertiary/aromatic N) is 5. The van der Waals surface area contributed by atoms with Crippen LogP contribution >= 0.6 is 23.6 Å². The summed E-state index contributed by atoms with van der Waals surface area (Å²) in [5, 5.41) is 6.91. The summed E-state index contributed by atoms with van der Waals surface area (Å²) in [7, 11) is 0. The van der Waals surface area contributed by atoms with Gasteiger partial charge in [-0.15, -0.1) is 16.4 Å². The second-order valence-corrected chi connectivity index (χ2v) is 7.72. The molecule has 26 heavy (non-hydrogen) atoms. The lowest BCUT2D eigenvalue weighted by Crippen LogP contribution is -2.47. The van der Waals surface area contributed by atoms with Crippen LogP contribution in [0.15, 0.2) is 47.8 Å². The van der Waals surface area contributed by atoms with Crippen LogP contribution in [-0.2, 0) is 13.2 Å². The van der Waals surface area contributed by atoms with E-state index in [0.29, 0.717) is 0 Å². The van der Waals surface area contributed by atoms with Crippen LogP contribution < -0.4 is 4.90 Å². The van der Waals surface area contributed by atoms with Crippen LogP contribution in [0, 0.1) is 4.77 Å². The van der Waals surface area contributed by atoms with Crippen molar-refractivity contribution in [2.24, 2.45) is 0 Å². The molecule has 1 saturated heterocycles. The number of piperazine rings is 1. The van der Waals surface area contributed by atoms with Crippen LogP contribution in [0.4, 0.5) is 5.69 Å². The Labute approximate surface area is 163 Å². The lowest BCUT2D eigenvalue weighted by Gasteiger charge is -2.35. The minimum absolute atomic E-state index is 0.757. The number of thiophene rings is 1. The van der Waals surface area contributed by atoms with Gasteiger partial charge in [-0.05, 0) is 42.7 Å². The van der Waals surface area contributed by atoms with E-state index in [1.54, 1.807) is 11.3 Å². The first-order chi connectivity index (χ1) is 12.8. The van der Waals surface area contributed by atoms with Gasteiger partial charge < -0.3 is 4.90 Å². The third-order valence-corrected chi connectivity index (χ3v) is 6.11. The van der Waals surface area contributed by atoms with Gasteiger partial charge in [0.15, 0.2) is 10.6 Å². The minimum atomic E-state index is 0.757. The Morgan fingerprint density at radius 3 is 2.46 bits per heavy atom. The van der Waals surface area contributed by atoms with Gasteiger partial charge in [0.2, 0.25) is 0 Å². The van der Waals surface area contributed by atoms with Crippen molar-refractivity contribution in [1.82, 2.24) is 19.2 Å². The highest BCUT2D eigenvalue weighted by atomic mass is 32.1. The number of benzene rings is 1. The van der Waals surface area contributed by atoms with Gasteiger partial charge in [0.1, 0.15) is 0 Å². The fourth-order valence-corrected chi connectivity index (χ4v) is 4.41. The lowest BCUT2D eigenvalue weighted by molar-refractivity contribution is 0.194. The molecule has 0 aliphatic carbocycles. The van der Waals surface area contributed by atoms with E-state index in [-0.39, 0.29) is 0 Å². The van der Waals surface area contributed by atoms with Crippen LogP contribution in [0.3, 0.4) is 0 Å². The highest BCUT2D eigenvalue weighted by Gasteiger charge is 2.19. The smallest absolute Gasteiger partial charge is 0.199 e. The Hall–Kier alpha value is -1.96. The van der Waals surface area contributed by atoms with Crippen molar-refractivity contribution in [3.05, 3.63) is 52.6 Å². The van der Waals surface area contributed by atoms with Crippen LogP contribution in [0.5, 0.6) is 0 Å². The molecule has 0 N–H and O–H groups in total. The van der Waals surface area contributed by atoms with Gasteiger partial charge in [-0.2, -0.15) is 0 Å². The predicted octanol–water partition coefficient (Wildman–Crippen LogP) is 3.94. The van der Waals surface area contributed by atoms with E-state index in [1.165, 1.54) is 10.6 Å². The van der Waals surface area contributed by atoms with Crippen molar-refractivity contribution in [3.63, 3.8) is 0 Å². The largest absolute Gasteiger partial charge is 0.369 e. The maximum Gasteiger partial charge on any atom is 0.199 e. The van der Waals surface area contributed by atoms with Crippen molar-refractivity contribution < 1.29 is 0 Å². The molecule has 2 aromatic heterocycles. The van der Waals surface area contributed by atoms with E-state index < -0.39 is 0 Å². The van der Waals surface area contributed by atoms with E-state index in [1.807, 2.05) is 4.68 Å². The molecule has 3 heterocycles. The summed E-state index contributed by atoms with van der Waals surface area (Å²) in [5.41, 5.74) is 1.30. The topological polar surface area (TPSA) is 29.2 Å². The molecule has 0 amide bonds. The van der Waals surface area contributed by atoms with Gasteiger partial charge >= 0.3 is 0 Å². The summed E-state index contributed by atoms with van der Waals surface area (Å²) in [4.78, 5) is 6.04. The molecule has 1 fully saturated rings. The molecular formula is C19H23N5S2. The molecule has 136 valence electrons. The number of aromatic nitrogens is 3. The first kappa shape index (κ1) is 17.5. The normalized spacial score (nSPS) is 15.5. The number of para-hydroxylation sites is 1. The average Bonchev–Trinajstić information content (AvgIpc) is 3.32. The zero-order valence-electron chi connectivity index (χ0n) is 14.9. The first-order valence-electron chi connectivity index (χ1n) is 9.00. The molecule has 0 spiro atoms. The molecule has 0 radical (unpaired) electrons. The van der Waals surface area contributed by atoms with Crippen LogP contribution in [0.2, 0.25) is 0 Å². The second-order valence-electron chi connectivity index (χ2n) is 6.41. The van der Waals surface area contributed by atoms with E-state index in [9.17, 15) is 0 Å². The van der Waals surface area contributed by atoms with Crippen molar-refractivity contribution in [3.8, 4) is 10.7 Å². The maximum atomic E-state index is 5.69. The summed E-state index contributed by atoms with van der Waals surface area (Å²) in [6, 6.07) is 14.8. The Bertz CT molecular complexity index is 890. The van der Waals surface area contributed by atoms with E-state index in [0.717, 1.165) is 50.0 Å². The summed E-state index contributed by atoms with van der Waals surface area (Å²) in [6.07, 6.45) is 0. The fourth-order valence-electron chi connectivity index (χ4n) is 3.38. The molecule has 4 rings (SSSR count). The second kappa shape index (κ2) is 7.73. The van der Waals surface area contributed by atoms with Gasteiger partial charge in [-0.25, -0.2) is 4.68 Å². The third kappa shape index (κ3) is 3.47. The lowest BCUT2D eigenvalue weighted by atomic mass is 10.2. The molecular weight excluding hydrogens is 362 g/mol. The summed E-state index contributed by atoms with van der Waals surface area (Å²) < 4.78 is 4.91. The first-order valence-corrected chi connectivity index (χ1v) is 10.3. The third-order valence-electron chi connectivity index (χ3n) is 4.81. The Balaban J connectivity index is 1.46. The molecule has 0 saturated carbocycles. The SMILES string of the molecule is CCn1c(-c2cccs2)nn(CN2CCN(c3ccccc3)CC2)c1=S. The zero-order valence-corrected chi connectivity index (χ0v) is 16.5. The highest BCUT2D eigenvalue weighted by molar-refractivity contribution is 7.71. The number of rotatable bonds is 5. The van der Waals surface area contributed by atoms with Gasteiger partial charge in [-0.3, -0.25) is 9.47 Å². The number of hydrogen-bond donors (Lipinski definition) is 0. The van der Waals surface area contributed by atoms with E-state index in [2.05, 4.69) is 69.1 Å². The van der Waals surface area contributed by atoms with Crippen molar-refractivity contribution >= 4 is 29.2 Å². The zero-order chi connectivity index (χ0) is 17.9. The standard InChI is InChI=1S/C19H23N5S2/c1-2-23-18(17-9-6-14-26-17)20-24(19(23)25)15-21-10-12-22(13-11-21)16-7-4-3-5-8-16/h3-9,14H,2,10-13,15H2,1H3. The predicted molar refractivity (Wildman–Crippen MR) is 110 cm³/mol. The van der Waals surface area contributed by atoms with E-state index in [4.69, 9.17) is 17.3 Å². The number of anilines is 1. The van der Waals surface area contributed by atoms with Gasteiger partial charge in [0.05, 0.1) is 11.5 Å². The van der Waals surface area contributed by atoms with Crippen LogP contribution in [-0.4, -0.2) is 45.4 Å². The van der Waals surface area contributed by atoms with Gasteiger partial charge in [0.25, 0.3) is 0 Å². The Kier molecular flexibility index (Phi) is 5.19. The molecule has 0 unspecified atom stereocenters. The molecule has 5 nitrogen and oxygen atoms in total.